The molecule has 6 nitrogen and oxygen atoms in total. The molecule has 0 saturated heterocycles. The predicted octanol–water partition coefficient (Wildman–Crippen LogP) is 0.424. The van der Waals surface area contributed by atoms with E-state index in [9.17, 15) is 14.4 Å². The van der Waals surface area contributed by atoms with Crippen molar-refractivity contribution in [2.45, 2.75) is 25.7 Å². The Morgan fingerprint density at radius 1 is 1.05 bits per heavy atom. The van der Waals surface area contributed by atoms with Crippen LogP contribution in [0.15, 0.2) is 0 Å². The molecule has 0 unspecified atom stereocenters. The van der Waals surface area contributed by atoms with E-state index in [-0.39, 0.29) is 18.4 Å². The molecular formula is C13H22N2O4. The molecule has 2 atom stereocenters. The second-order valence-corrected chi connectivity index (χ2v) is 5.32. The molecule has 0 aromatic rings. The highest BCUT2D eigenvalue weighted by Gasteiger charge is 2.37. The van der Waals surface area contributed by atoms with Crippen LogP contribution in [0.5, 0.6) is 0 Å². The summed E-state index contributed by atoms with van der Waals surface area (Å²) in [5, 5.41) is 9.16. The molecule has 0 aromatic heterocycles. The van der Waals surface area contributed by atoms with E-state index in [1.165, 1.54) is 9.80 Å². The highest BCUT2D eigenvalue weighted by molar-refractivity contribution is 5.88. The molecule has 0 bridgehead atoms. The molecule has 1 saturated carbocycles. The zero-order chi connectivity index (χ0) is 14.6. The maximum atomic E-state index is 12.3. The number of rotatable bonds is 4. The second-order valence-electron chi connectivity index (χ2n) is 5.32. The Kier molecular flexibility index (Phi) is 5.32. The van der Waals surface area contributed by atoms with Crippen LogP contribution in [0.3, 0.4) is 0 Å². The lowest BCUT2D eigenvalue weighted by atomic mass is 9.78. The summed E-state index contributed by atoms with van der Waals surface area (Å²) in [4.78, 5) is 37.8. The summed E-state index contributed by atoms with van der Waals surface area (Å²) in [5.41, 5.74) is 0. The van der Waals surface area contributed by atoms with Gasteiger partial charge in [0.25, 0.3) is 0 Å². The largest absolute Gasteiger partial charge is 0.481 e. The van der Waals surface area contributed by atoms with E-state index in [0.717, 1.165) is 12.8 Å². The molecule has 0 heterocycles. The lowest BCUT2D eigenvalue weighted by molar-refractivity contribution is -0.152. The number of carboxylic acids is 1. The maximum Gasteiger partial charge on any atom is 0.307 e. The minimum atomic E-state index is -0.912. The Balaban J connectivity index is 2.68. The molecule has 0 radical (unpaired) electrons. The normalized spacial score (nSPS) is 22.7. The van der Waals surface area contributed by atoms with Gasteiger partial charge >= 0.3 is 5.97 Å². The fourth-order valence-electron chi connectivity index (χ4n) is 2.43. The van der Waals surface area contributed by atoms with Gasteiger partial charge in [-0.2, -0.15) is 0 Å². The highest BCUT2D eigenvalue weighted by atomic mass is 16.4. The Hall–Kier alpha value is -1.59. The molecule has 19 heavy (non-hydrogen) atoms. The fourth-order valence-corrected chi connectivity index (χ4v) is 2.43. The zero-order valence-corrected chi connectivity index (χ0v) is 11.8. The molecule has 108 valence electrons. The Bertz CT molecular complexity index is 368. The fraction of sp³-hybridized carbons (Fsp3) is 0.769. The number of likely N-dealkylation sites (N-methyl/N-ethyl adjacent to an activating group) is 2. The van der Waals surface area contributed by atoms with Gasteiger partial charge in [-0.15, -0.1) is 0 Å². The van der Waals surface area contributed by atoms with Crippen LogP contribution in [0.2, 0.25) is 0 Å². The first-order chi connectivity index (χ1) is 8.84. The van der Waals surface area contributed by atoms with Gasteiger partial charge in [0.1, 0.15) is 0 Å². The highest BCUT2D eigenvalue weighted by Crippen LogP contribution is 2.31. The second kappa shape index (κ2) is 6.54. The summed E-state index contributed by atoms with van der Waals surface area (Å²) in [6.45, 7) is -0.00529. The van der Waals surface area contributed by atoms with Crippen LogP contribution in [0.25, 0.3) is 0 Å². The quantitative estimate of drug-likeness (QED) is 0.803. The minimum Gasteiger partial charge on any atom is -0.481 e. The zero-order valence-electron chi connectivity index (χ0n) is 11.8. The molecule has 2 amide bonds. The van der Waals surface area contributed by atoms with Gasteiger partial charge in [0.15, 0.2) is 0 Å². The van der Waals surface area contributed by atoms with E-state index in [4.69, 9.17) is 5.11 Å². The molecular weight excluding hydrogens is 248 g/mol. The van der Waals surface area contributed by atoms with Crippen LogP contribution in [0, 0.1) is 11.8 Å². The van der Waals surface area contributed by atoms with Gasteiger partial charge < -0.3 is 14.9 Å². The summed E-state index contributed by atoms with van der Waals surface area (Å²) < 4.78 is 0. The summed E-state index contributed by atoms with van der Waals surface area (Å²) in [5.74, 6) is -2.42. The van der Waals surface area contributed by atoms with Gasteiger partial charge in [-0.1, -0.05) is 12.8 Å². The third-order valence-corrected chi connectivity index (χ3v) is 3.65. The molecule has 0 spiro atoms. The van der Waals surface area contributed by atoms with Crippen LogP contribution in [-0.2, 0) is 14.4 Å². The summed E-state index contributed by atoms with van der Waals surface area (Å²) >= 11 is 0. The van der Waals surface area contributed by atoms with E-state index in [0.29, 0.717) is 12.8 Å². The number of carbonyl (C=O) groups is 3. The van der Waals surface area contributed by atoms with E-state index in [1.807, 2.05) is 0 Å². The van der Waals surface area contributed by atoms with E-state index < -0.39 is 17.8 Å². The van der Waals surface area contributed by atoms with Gasteiger partial charge in [0, 0.05) is 21.1 Å². The van der Waals surface area contributed by atoms with Crippen molar-refractivity contribution in [2.75, 3.05) is 27.7 Å². The molecule has 1 aliphatic rings. The van der Waals surface area contributed by atoms with Crippen molar-refractivity contribution >= 4 is 17.8 Å². The van der Waals surface area contributed by atoms with Crippen LogP contribution in [0.1, 0.15) is 25.7 Å². The first-order valence-corrected chi connectivity index (χ1v) is 6.52. The van der Waals surface area contributed by atoms with Gasteiger partial charge in [-0.3, -0.25) is 14.4 Å². The molecule has 0 aromatic carbocycles. The van der Waals surface area contributed by atoms with Crippen LogP contribution in [0.4, 0.5) is 0 Å². The maximum absolute atomic E-state index is 12.3. The van der Waals surface area contributed by atoms with E-state index in [2.05, 4.69) is 0 Å². The third-order valence-electron chi connectivity index (χ3n) is 3.65. The van der Waals surface area contributed by atoms with Crippen molar-refractivity contribution < 1.29 is 19.5 Å². The number of carboxylic acid groups (broad SMARTS) is 1. The number of nitrogens with zero attached hydrogens (tertiary/aromatic N) is 2. The topological polar surface area (TPSA) is 77.9 Å². The van der Waals surface area contributed by atoms with Crippen molar-refractivity contribution in [3.63, 3.8) is 0 Å². The van der Waals surface area contributed by atoms with Gasteiger partial charge in [0.2, 0.25) is 11.8 Å². The predicted molar refractivity (Wildman–Crippen MR) is 69.4 cm³/mol. The van der Waals surface area contributed by atoms with Crippen molar-refractivity contribution in [3.8, 4) is 0 Å². The molecule has 1 N–H and O–H groups in total. The average molecular weight is 270 g/mol. The smallest absolute Gasteiger partial charge is 0.307 e. The lowest BCUT2D eigenvalue weighted by Crippen LogP contribution is -2.44. The molecule has 1 rings (SSSR count). The first kappa shape index (κ1) is 15.5. The average Bonchev–Trinajstić information content (AvgIpc) is 2.37. The standard InChI is InChI=1S/C13H22N2O4/c1-14(2)11(16)8-15(3)12(17)9-6-4-5-7-10(9)13(18)19/h9-10H,4-8H2,1-3H3,(H,18,19)/t9-,10+/m1/s1. The molecule has 6 heteroatoms. The number of amides is 2. The van der Waals surface area contributed by atoms with Crippen LogP contribution in [-0.4, -0.2) is 60.4 Å². The number of carbonyl (C=O) groups excluding carboxylic acids is 2. The molecule has 0 aliphatic heterocycles. The van der Waals surface area contributed by atoms with Crippen molar-refractivity contribution in [1.29, 1.82) is 0 Å². The van der Waals surface area contributed by atoms with Gasteiger partial charge in [-0.25, -0.2) is 0 Å². The minimum absolute atomic E-state index is 0.00529. The van der Waals surface area contributed by atoms with Crippen molar-refractivity contribution in [3.05, 3.63) is 0 Å². The number of hydrogen-bond acceptors (Lipinski definition) is 3. The van der Waals surface area contributed by atoms with E-state index in [1.54, 1.807) is 21.1 Å². The van der Waals surface area contributed by atoms with Crippen molar-refractivity contribution in [2.24, 2.45) is 11.8 Å². The van der Waals surface area contributed by atoms with Crippen LogP contribution >= 0.6 is 0 Å². The van der Waals surface area contributed by atoms with Gasteiger partial charge in [0.05, 0.1) is 18.4 Å². The van der Waals surface area contributed by atoms with E-state index >= 15 is 0 Å². The Labute approximate surface area is 113 Å². The molecule has 1 aliphatic carbocycles. The number of hydrogen-bond donors (Lipinski definition) is 1. The monoisotopic (exact) mass is 270 g/mol. The summed E-state index contributed by atoms with van der Waals surface area (Å²) in [7, 11) is 4.81. The number of aliphatic carboxylic acids is 1. The summed E-state index contributed by atoms with van der Waals surface area (Å²) in [6.07, 6.45) is 2.86. The summed E-state index contributed by atoms with van der Waals surface area (Å²) in [6, 6.07) is 0. The lowest BCUT2D eigenvalue weighted by Gasteiger charge is -2.31. The Morgan fingerprint density at radius 2 is 1.58 bits per heavy atom. The van der Waals surface area contributed by atoms with Crippen LogP contribution < -0.4 is 0 Å². The van der Waals surface area contributed by atoms with Crippen molar-refractivity contribution in [1.82, 2.24) is 9.80 Å². The molecule has 1 fully saturated rings. The Morgan fingerprint density at radius 3 is 2.05 bits per heavy atom. The van der Waals surface area contributed by atoms with Gasteiger partial charge in [-0.05, 0) is 12.8 Å². The third kappa shape index (κ3) is 3.94. The first-order valence-electron chi connectivity index (χ1n) is 6.52. The SMILES string of the molecule is CN(C)C(=O)CN(C)C(=O)[C@@H]1CCCC[C@@H]1C(=O)O.